The zero-order chi connectivity index (χ0) is 14.4. The second-order valence-corrected chi connectivity index (χ2v) is 5.42. The molecule has 6 heteroatoms. The first-order valence-corrected chi connectivity index (χ1v) is 6.76. The minimum Gasteiger partial charge on any atom is -0.397 e. The van der Waals surface area contributed by atoms with E-state index in [4.69, 9.17) is 5.73 Å². The summed E-state index contributed by atoms with van der Waals surface area (Å²) in [6.07, 6.45) is 4.06. The Morgan fingerprint density at radius 2 is 2.15 bits per heavy atom. The van der Waals surface area contributed by atoms with Crippen LogP contribution in [0.1, 0.15) is 40.8 Å². The van der Waals surface area contributed by atoms with E-state index in [1.165, 1.54) is 0 Å². The molecule has 0 atom stereocenters. The molecule has 1 amide bonds. The van der Waals surface area contributed by atoms with Gasteiger partial charge in [-0.2, -0.15) is 5.10 Å². The maximum absolute atomic E-state index is 12.5. The molecule has 106 valence electrons. The Bertz CT molecular complexity index is 678. The predicted molar refractivity (Wildman–Crippen MR) is 77.8 cm³/mol. The van der Waals surface area contributed by atoms with Crippen molar-refractivity contribution in [1.29, 1.82) is 0 Å². The number of aromatic nitrogens is 3. The van der Waals surface area contributed by atoms with E-state index in [2.05, 4.69) is 10.4 Å². The maximum Gasteiger partial charge on any atom is 0.272 e. The fraction of sp³-hybridized carbons (Fsp3) is 0.429. The topological polar surface area (TPSA) is 77.9 Å². The Hall–Kier alpha value is -2.24. The van der Waals surface area contributed by atoms with E-state index in [-0.39, 0.29) is 5.91 Å². The molecule has 0 radical (unpaired) electrons. The average molecular weight is 273 g/mol. The fourth-order valence-corrected chi connectivity index (χ4v) is 2.47. The first kappa shape index (κ1) is 12.8. The number of rotatable bonds is 3. The molecule has 0 spiro atoms. The van der Waals surface area contributed by atoms with Gasteiger partial charge in [-0.3, -0.25) is 9.48 Å². The van der Waals surface area contributed by atoms with E-state index in [1.54, 1.807) is 10.7 Å². The van der Waals surface area contributed by atoms with E-state index < -0.39 is 0 Å². The Morgan fingerprint density at radius 3 is 2.70 bits per heavy atom. The smallest absolute Gasteiger partial charge is 0.272 e. The predicted octanol–water partition coefficient (Wildman–Crippen LogP) is 2.01. The molecule has 2 aromatic heterocycles. The van der Waals surface area contributed by atoms with E-state index in [1.807, 2.05) is 31.7 Å². The zero-order valence-electron chi connectivity index (χ0n) is 12.0. The van der Waals surface area contributed by atoms with Gasteiger partial charge in [-0.25, -0.2) is 0 Å². The van der Waals surface area contributed by atoms with Gasteiger partial charge in [0.1, 0.15) is 5.69 Å². The van der Waals surface area contributed by atoms with Gasteiger partial charge < -0.3 is 15.6 Å². The summed E-state index contributed by atoms with van der Waals surface area (Å²) < 4.78 is 3.74. The second-order valence-electron chi connectivity index (χ2n) is 5.42. The molecule has 1 aliphatic rings. The van der Waals surface area contributed by atoms with Gasteiger partial charge in [-0.15, -0.1) is 0 Å². The molecular weight excluding hydrogens is 254 g/mol. The van der Waals surface area contributed by atoms with Crippen molar-refractivity contribution in [2.45, 2.75) is 32.7 Å². The first-order valence-electron chi connectivity index (χ1n) is 6.76. The molecule has 1 aliphatic carbocycles. The number of nitrogens with one attached hydrogen (secondary N) is 1. The number of aryl methyl sites for hydroxylation is 2. The van der Waals surface area contributed by atoms with Crippen LogP contribution >= 0.6 is 0 Å². The van der Waals surface area contributed by atoms with Crippen molar-refractivity contribution in [3.8, 4) is 0 Å². The molecule has 1 fully saturated rings. The molecule has 6 nitrogen and oxygen atoms in total. The third-order valence-corrected chi connectivity index (χ3v) is 3.79. The summed E-state index contributed by atoms with van der Waals surface area (Å²) in [6, 6.07) is 2.15. The lowest BCUT2D eigenvalue weighted by molar-refractivity contribution is 0.101. The summed E-state index contributed by atoms with van der Waals surface area (Å²) >= 11 is 0. The zero-order valence-corrected chi connectivity index (χ0v) is 12.0. The van der Waals surface area contributed by atoms with Crippen LogP contribution in [0.15, 0.2) is 12.3 Å². The third kappa shape index (κ3) is 2.07. The highest BCUT2D eigenvalue weighted by atomic mass is 16.2. The quantitative estimate of drug-likeness (QED) is 0.898. The lowest BCUT2D eigenvalue weighted by Crippen LogP contribution is -2.17. The largest absolute Gasteiger partial charge is 0.397 e. The fourth-order valence-electron chi connectivity index (χ4n) is 2.47. The summed E-state index contributed by atoms with van der Waals surface area (Å²) in [5.41, 5.74) is 9.60. The number of nitrogens with zero attached hydrogens (tertiary/aromatic N) is 3. The number of amides is 1. The average Bonchev–Trinajstić information content (AvgIpc) is 3.12. The molecule has 0 aliphatic heterocycles. The van der Waals surface area contributed by atoms with E-state index in [9.17, 15) is 4.79 Å². The number of carbonyl (C=O) groups is 1. The van der Waals surface area contributed by atoms with Gasteiger partial charge in [-0.05, 0) is 32.8 Å². The Kier molecular flexibility index (Phi) is 2.81. The van der Waals surface area contributed by atoms with Crippen LogP contribution in [0.4, 0.5) is 11.4 Å². The van der Waals surface area contributed by atoms with E-state index >= 15 is 0 Å². The number of nitrogen functional groups attached to an aromatic ring is 1. The van der Waals surface area contributed by atoms with Crippen LogP contribution in [0.2, 0.25) is 0 Å². The monoisotopic (exact) mass is 273 g/mol. The molecule has 0 unspecified atom stereocenters. The number of anilines is 2. The molecule has 0 bridgehead atoms. The number of carbonyl (C=O) groups excluding carboxylic acids is 1. The van der Waals surface area contributed by atoms with Crippen molar-refractivity contribution in [2.75, 3.05) is 11.1 Å². The first-order chi connectivity index (χ1) is 9.47. The van der Waals surface area contributed by atoms with Gasteiger partial charge >= 0.3 is 0 Å². The summed E-state index contributed by atoms with van der Waals surface area (Å²) in [7, 11) is 1.86. The molecule has 0 aromatic carbocycles. The molecule has 1 saturated carbocycles. The lowest BCUT2D eigenvalue weighted by Gasteiger charge is -2.08. The number of hydrogen-bond donors (Lipinski definition) is 2. The van der Waals surface area contributed by atoms with Crippen LogP contribution in [0.25, 0.3) is 0 Å². The summed E-state index contributed by atoms with van der Waals surface area (Å²) in [5.74, 6) is -0.132. The minimum absolute atomic E-state index is 0.132. The number of hydrogen-bond acceptors (Lipinski definition) is 3. The molecule has 2 aromatic rings. The Balaban J connectivity index is 1.90. The molecule has 3 N–H and O–H groups in total. The van der Waals surface area contributed by atoms with Crippen LogP contribution in [-0.2, 0) is 7.05 Å². The van der Waals surface area contributed by atoms with Crippen LogP contribution in [0.3, 0.4) is 0 Å². The van der Waals surface area contributed by atoms with Gasteiger partial charge in [0.15, 0.2) is 0 Å². The van der Waals surface area contributed by atoms with Crippen LogP contribution in [0.5, 0.6) is 0 Å². The maximum atomic E-state index is 12.5. The highest BCUT2D eigenvalue weighted by molar-refractivity contribution is 6.04. The van der Waals surface area contributed by atoms with Crippen molar-refractivity contribution < 1.29 is 4.79 Å². The standard InChI is InChI=1S/C14H19N5O/c1-8-13(9(2)18(3)17-8)16-14(20)12-6-10(15)7-19(12)11-4-5-11/h6-7,11H,4-5,15H2,1-3H3,(H,16,20). The lowest BCUT2D eigenvalue weighted by atomic mass is 10.3. The van der Waals surface area contributed by atoms with Crippen molar-refractivity contribution in [2.24, 2.45) is 7.05 Å². The van der Waals surface area contributed by atoms with Crippen molar-refractivity contribution >= 4 is 17.3 Å². The highest BCUT2D eigenvalue weighted by Gasteiger charge is 2.28. The SMILES string of the molecule is Cc1nn(C)c(C)c1NC(=O)c1cc(N)cn1C1CC1. The van der Waals surface area contributed by atoms with Gasteiger partial charge in [0.05, 0.1) is 22.8 Å². The molecule has 3 rings (SSSR count). The van der Waals surface area contributed by atoms with Crippen molar-refractivity contribution in [3.05, 3.63) is 29.3 Å². The molecule has 2 heterocycles. The second kappa shape index (κ2) is 4.40. The van der Waals surface area contributed by atoms with Gasteiger partial charge in [0.2, 0.25) is 0 Å². The van der Waals surface area contributed by atoms with E-state index in [0.717, 1.165) is 29.9 Å². The molecule has 0 saturated heterocycles. The molecule has 20 heavy (non-hydrogen) atoms. The van der Waals surface area contributed by atoms with E-state index in [0.29, 0.717) is 17.4 Å². The van der Waals surface area contributed by atoms with Gasteiger partial charge in [0.25, 0.3) is 5.91 Å². The molecular formula is C14H19N5O. The van der Waals surface area contributed by atoms with Crippen LogP contribution in [0, 0.1) is 13.8 Å². The highest BCUT2D eigenvalue weighted by Crippen LogP contribution is 2.37. The van der Waals surface area contributed by atoms with Crippen molar-refractivity contribution in [1.82, 2.24) is 14.3 Å². The van der Waals surface area contributed by atoms with Gasteiger partial charge in [0, 0.05) is 19.3 Å². The van der Waals surface area contributed by atoms with Crippen LogP contribution < -0.4 is 11.1 Å². The Labute approximate surface area is 117 Å². The Morgan fingerprint density at radius 1 is 1.45 bits per heavy atom. The normalized spacial score (nSPS) is 14.6. The summed E-state index contributed by atoms with van der Waals surface area (Å²) in [4.78, 5) is 12.5. The van der Waals surface area contributed by atoms with Gasteiger partial charge in [-0.1, -0.05) is 0 Å². The number of nitrogens with two attached hydrogens (primary N) is 1. The summed E-state index contributed by atoms with van der Waals surface area (Å²) in [5, 5.41) is 7.26. The van der Waals surface area contributed by atoms with Crippen LogP contribution in [-0.4, -0.2) is 20.3 Å². The summed E-state index contributed by atoms with van der Waals surface area (Å²) in [6.45, 7) is 3.82. The minimum atomic E-state index is -0.132. The van der Waals surface area contributed by atoms with Crippen molar-refractivity contribution in [3.63, 3.8) is 0 Å². The third-order valence-electron chi connectivity index (χ3n) is 3.79.